The van der Waals surface area contributed by atoms with E-state index >= 15 is 0 Å². The van der Waals surface area contributed by atoms with Crippen molar-refractivity contribution in [2.75, 3.05) is 11.1 Å². The zero-order valence-corrected chi connectivity index (χ0v) is 26.9. The molecular weight excluding hydrogens is 580 g/mol. The molecule has 0 radical (unpaired) electrons. The van der Waals surface area contributed by atoms with Crippen LogP contribution >= 0.6 is 0 Å². The first kappa shape index (κ1) is 36.5. The van der Waals surface area contributed by atoms with E-state index in [1.54, 1.807) is 42.5 Å². The van der Waals surface area contributed by atoms with E-state index in [1.807, 2.05) is 58.0 Å². The number of nitrogen functional groups attached to an aromatic ring is 2. The number of nitrogens with two attached hydrogens (primary N) is 2. The van der Waals surface area contributed by atoms with E-state index in [1.165, 1.54) is 10.8 Å². The molecule has 0 saturated heterocycles. The van der Waals surface area contributed by atoms with Crippen LogP contribution < -0.4 is 33.0 Å². The van der Waals surface area contributed by atoms with Crippen LogP contribution in [0.15, 0.2) is 96.9 Å². The van der Waals surface area contributed by atoms with Crippen LogP contribution in [0.4, 0.5) is 11.5 Å². The van der Waals surface area contributed by atoms with Gasteiger partial charge in [-0.05, 0) is 43.2 Å². The zero-order valence-electron chi connectivity index (χ0n) is 26.9. The minimum absolute atomic E-state index is 0.0422. The van der Waals surface area contributed by atoms with Crippen molar-refractivity contribution in [2.45, 2.75) is 53.4 Å². The third-order valence-electron chi connectivity index (χ3n) is 6.35. The lowest BCUT2D eigenvalue weighted by molar-refractivity contribution is -0.121. The van der Waals surface area contributed by atoms with Gasteiger partial charge in [0, 0.05) is 41.5 Å². The van der Waals surface area contributed by atoms with Crippen molar-refractivity contribution in [3.05, 3.63) is 125 Å². The van der Waals surface area contributed by atoms with Crippen molar-refractivity contribution in [3.63, 3.8) is 0 Å². The fourth-order valence-corrected chi connectivity index (χ4v) is 4.26. The van der Waals surface area contributed by atoms with Gasteiger partial charge in [0.1, 0.15) is 12.4 Å². The summed E-state index contributed by atoms with van der Waals surface area (Å²) in [6, 6.07) is 21.2. The molecule has 4 rings (SSSR count). The molecule has 1 heterocycles. The lowest BCUT2D eigenvalue weighted by Crippen LogP contribution is -2.35. The summed E-state index contributed by atoms with van der Waals surface area (Å²) < 4.78 is 1.31. The van der Waals surface area contributed by atoms with Crippen LogP contribution in [0, 0.1) is 5.41 Å². The first-order chi connectivity index (χ1) is 22.1. The Morgan fingerprint density at radius 1 is 0.913 bits per heavy atom. The number of anilines is 2. The summed E-state index contributed by atoms with van der Waals surface area (Å²) in [7, 11) is 0. The molecule has 0 saturated carbocycles. The Hall–Kier alpha value is -5.71. The average molecular weight is 625 g/mol. The van der Waals surface area contributed by atoms with Crippen molar-refractivity contribution >= 4 is 29.2 Å². The van der Waals surface area contributed by atoms with Gasteiger partial charge in [0.15, 0.2) is 5.82 Å². The predicted octanol–water partition coefficient (Wildman–Crippen LogP) is 4.67. The number of amidine groups is 1. The second-order valence-electron chi connectivity index (χ2n) is 10.1. The molecule has 242 valence electrons. The number of benzene rings is 3. The Labute approximate surface area is 270 Å². The van der Waals surface area contributed by atoms with Crippen LogP contribution in [0.3, 0.4) is 0 Å². The third-order valence-corrected chi connectivity index (χ3v) is 6.35. The summed E-state index contributed by atoms with van der Waals surface area (Å²) in [5.41, 5.74) is 14.9. The molecule has 0 aliphatic heterocycles. The Kier molecular flexibility index (Phi) is 14.4. The van der Waals surface area contributed by atoms with E-state index in [4.69, 9.17) is 16.9 Å². The van der Waals surface area contributed by atoms with Gasteiger partial charge in [0.05, 0.1) is 11.9 Å². The summed E-state index contributed by atoms with van der Waals surface area (Å²) in [6.45, 7) is 14.0. The maximum Gasteiger partial charge on any atom is 0.294 e. The molecule has 0 spiro atoms. The van der Waals surface area contributed by atoms with Gasteiger partial charge in [-0.2, -0.15) is 0 Å². The highest BCUT2D eigenvalue weighted by Crippen LogP contribution is 2.23. The maximum atomic E-state index is 13.5. The number of rotatable bonds is 11. The average Bonchev–Trinajstić information content (AvgIpc) is 3.06. The van der Waals surface area contributed by atoms with Crippen LogP contribution in [-0.2, 0) is 24.4 Å². The molecule has 0 aliphatic rings. The fourth-order valence-electron chi connectivity index (χ4n) is 4.26. The van der Waals surface area contributed by atoms with Crippen LogP contribution in [0.2, 0.25) is 0 Å². The van der Waals surface area contributed by atoms with Gasteiger partial charge in [-0.25, -0.2) is 4.98 Å². The second-order valence-corrected chi connectivity index (χ2v) is 10.1. The Morgan fingerprint density at radius 3 is 2.13 bits per heavy atom. The van der Waals surface area contributed by atoms with Crippen molar-refractivity contribution in [2.24, 2.45) is 5.73 Å². The lowest BCUT2D eigenvalue weighted by Gasteiger charge is -2.17. The third kappa shape index (κ3) is 10.5. The molecule has 0 unspecified atom stereocenters. The van der Waals surface area contributed by atoms with Gasteiger partial charge in [-0.3, -0.25) is 24.4 Å². The minimum Gasteiger partial charge on any atom is -0.399 e. The van der Waals surface area contributed by atoms with Gasteiger partial charge >= 0.3 is 0 Å². The standard InChI is InChI=1S/C31H34N8O3.C2H6.C2H4/c1-19(2)38-29-31(42)39(18-27(40)35-15-21-8-10-22(11-9-21)28(33)34)26(17-36-29)23-12-24(14-25(32)13-23)30(41)37-16-20-6-4-3-5-7-20;2*1-2/h3-14,17,19H,15-16,18,32H2,1-2H3,(H3,33,34)(H,35,40)(H,36,38)(H,37,41);1-2H3;1-2H2. The van der Waals surface area contributed by atoms with E-state index in [9.17, 15) is 14.4 Å². The molecule has 0 aliphatic carbocycles. The van der Waals surface area contributed by atoms with E-state index in [2.05, 4.69) is 34.1 Å². The summed E-state index contributed by atoms with van der Waals surface area (Å²) in [6.07, 6.45) is 1.49. The molecule has 2 amide bonds. The predicted molar refractivity (Wildman–Crippen MR) is 187 cm³/mol. The highest BCUT2D eigenvalue weighted by atomic mass is 16.2. The number of nitrogens with one attached hydrogen (secondary N) is 4. The monoisotopic (exact) mass is 624 g/mol. The summed E-state index contributed by atoms with van der Waals surface area (Å²) in [5.74, 6) is -0.674. The van der Waals surface area contributed by atoms with Gasteiger partial charge in [-0.1, -0.05) is 68.4 Å². The van der Waals surface area contributed by atoms with E-state index in [0.29, 0.717) is 34.6 Å². The van der Waals surface area contributed by atoms with Crippen molar-refractivity contribution in [1.82, 2.24) is 20.2 Å². The highest BCUT2D eigenvalue weighted by Gasteiger charge is 2.18. The SMILES string of the molecule is C=C.CC.CC(C)Nc1ncc(-c2cc(N)cc(C(=O)NCc3ccccc3)c2)n(CC(=O)NCc2ccc(C(=N)N)cc2)c1=O. The molecule has 8 N–H and O–H groups in total. The Balaban J connectivity index is 0.00000177. The number of aromatic nitrogens is 2. The normalized spacial score (nSPS) is 10.0. The quantitative estimate of drug-likeness (QED) is 0.0607. The van der Waals surface area contributed by atoms with E-state index < -0.39 is 11.5 Å². The van der Waals surface area contributed by atoms with Gasteiger partial charge in [0.25, 0.3) is 11.5 Å². The maximum absolute atomic E-state index is 13.5. The van der Waals surface area contributed by atoms with Crippen LogP contribution in [0.25, 0.3) is 11.3 Å². The van der Waals surface area contributed by atoms with Crippen LogP contribution in [-0.4, -0.2) is 33.2 Å². The number of hydrogen-bond acceptors (Lipinski definition) is 7. The first-order valence-electron chi connectivity index (χ1n) is 14.9. The van der Waals surface area contributed by atoms with Gasteiger partial charge in [0.2, 0.25) is 5.91 Å². The molecule has 3 aromatic carbocycles. The molecule has 0 atom stereocenters. The van der Waals surface area contributed by atoms with Gasteiger partial charge in [-0.15, -0.1) is 13.2 Å². The largest absolute Gasteiger partial charge is 0.399 e. The Morgan fingerprint density at radius 2 is 1.52 bits per heavy atom. The highest BCUT2D eigenvalue weighted by molar-refractivity contribution is 5.96. The second kappa shape index (κ2) is 18.2. The molecule has 4 aromatic rings. The topological polar surface area (TPSA) is 181 Å². The zero-order chi connectivity index (χ0) is 34.2. The van der Waals surface area contributed by atoms with Crippen molar-refractivity contribution in [3.8, 4) is 11.3 Å². The number of carbonyl (C=O) groups is 2. The fraction of sp³-hybridized carbons (Fsp3) is 0.229. The Bertz CT molecular complexity index is 1670. The lowest BCUT2D eigenvalue weighted by atomic mass is 10.1. The van der Waals surface area contributed by atoms with Crippen LogP contribution in [0.1, 0.15) is 54.7 Å². The number of amides is 2. The molecule has 0 bridgehead atoms. The van der Waals surface area contributed by atoms with E-state index in [-0.39, 0.29) is 36.7 Å². The molecular formula is C35H44N8O3. The molecule has 1 aromatic heterocycles. The van der Waals surface area contributed by atoms with E-state index in [0.717, 1.165) is 11.1 Å². The summed E-state index contributed by atoms with van der Waals surface area (Å²) >= 11 is 0. The number of carbonyl (C=O) groups excluding carboxylic acids is 2. The smallest absolute Gasteiger partial charge is 0.294 e. The van der Waals surface area contributed by atoms with Gasteiger partial charge < -0.3 is 27.4 Å². The van der Waals surface area contributed by atoms with Crippen LogP contribution in [0.5, 0.6) is 0 Å². The summed E-state index contributed by atoms with van der Waals surface area (Å²) in [5, 5.41) is 16.2. The molecule has 46 heavy (non-hydrogen) atoms. The molecule has 11 heteroatoms. The van der Waals surface area contributed by atoms with Crippen molar-refractivity contribution in [1.29, 1.82) is 5.41 Å². The number of hydrogen-bond donors (Lipinski definition) is 6. The number of nitrogens with zero attached hydrogens (tertiary/aromatic N) is 2. The molecule has 0 fully saturated rings. The first-order valence-corrected chi connectivity index (χ1v) is 14.9. The van der Waals surface area contributed by atoms with Crippen molar-refractivity contribution < 1.29 is 9.59 Å². The molecule has 11 nitrogen and oxygen atoms in total. The summed E-state index contributed by atoms with van der Waals surface area (Å²) in [4.78, 5) is 43.8. The minimum atomic E-state index is -0.486.